The highest BCUT2D eigenvalue weighted by atomic mass is 79.9. The Labute approximate surface area is 187 Å². The number of fused-ring (bicyclic) bond motifs is 1. The van der Waals surface area contributed by atoms with E-state index in [1.54, 1.807) is 29.2 Å². The van der Waals surface area contributed by atoms with Crippen molar-refractivity contribution in [2.45, 2.75) is 0 Å². The lowest BCUT2D eigenvalue weighted by atomic mass is 10.2. The molecule has 0 radical (unpaired) electrons. The maximum atomic E-state index is 11.0. The predicted molar refractivity (Wildman–Crippen MR) is 122 cm³/mol. The summed E-state index contributed by atoms with van der Waals surface area (Å²) in [6.07, 6.45) is 3.37. The molecule has 0 aliphatic heterocycles. The first-order chi connectivity index (χ1) is 15.1. The molecule has 3 heterocycles. The number of anilines is 1. The molecule has 3 aromatic heterocycles. The van der Waals surface area contributed by atoms with E-state index in [4.69, 9.17) is 0 Å². The van der Waals surface area contributed by atoms with E-state index in [2.05, 4.69) is 41.5 Å². The summed E-state index contributed by atoms with van der Waals surface area (Å²) < 4.78 is 3.71. The number of hydrogen-bond donors (Lipinski definition) is 1. The van der Waals surface area contributed by atoms with Crippen molar-refractivity contribution in [3.05, 3.63) is 81.6 Å². The molecule has 0 amide bonds. The molecule has 31 heavy (non-hydrogen) atoms. The molecule has 152 valence electrons. The first-order valence-corrected chi connectivity index (χ1v) is 10.6. The fourth-order valence-electron chi connectivity index (χ4n) is 3.03. The number of nitro groups is 1. The summed E-state index contributed by atoms with van der Waals surface area (Å²) in [6, 6.07) is 15.7. The van der Waals surface area contributed by atoms with Crippen LogP contribution in [0, 0.1) is 10.1 Å². The number of nitrogens with one attached hydrogen (secondary N) is 1. The van der Waals surface area contributed by atoms with Gasteiger partial charge >= 0.3 is 0 Å². The zero-order chi connectivity index (χ0) is 21.4. The normalized spacial score (nSPS) is 11.0. The third-order valence-electron chi connectivity index (χ3n) is 4.48. The smallest absolute Gasteiger partial charge is 0.265 e. The summed E-state index contributed by atoms with van der Waals surface area (Å²) in [7, 11) is 0. The molecule has 0 atom stereocenters. The van der Waals surface area contributed by atoms with Gasteiger partial charge in [0.25, 0.3) is 5.69 Å². The van der Waals surface area contributed by atoms with Gasteiger partial charge in [0.2, 0.25) is 5.13 Å². The fourth-order valence-corrected chi connectivity index (χ4v) is 4.44. The van der Waals surface area contributed by atoms with Gasteiger partial charge in [-0.2, -0.15) is 0 Å². The lowest BCUT2D eigenvalue weighted by molar-refractivity contribution is -0.384. The van der Waals surface area contributed by atoms with Crippen molar-refractivity contribution in [2.75, 3.05) is 5.43 Å². The summed E-state index contributed by atoms with van der Waals surface area (Å²) >= 11 is 4.97. The van der Waals surface area contributed by atoms with Crippen LogP contribution in [0.2, 0.25) is 0 Å². The Kier molecular flexibility index (Phi) is 4.88. The van der Waals surface area contributed by atoms with Gasteiger partial charge in [0.05, 0.1) is 15.1 Å². The Morgan fingerprint density at radius 3 is 2.52 bits per heavy atom. The molecular weight excluding hydrogens is 482 g/mol. The molecule has 5 aromatic rings. The Morgan fingerprint density at radius 1 is 1.03 bits per heavy atom. The van der Waals surface area contributed by atoms with Crippen LogP contribution in [0.5, 0.6) is 0 Å². The van der Waals surface area contributed by atoms with Crippen molar-refractivity contribution < 1.29 is 4.92 Å². The number of rotatable bonds is 5. The molecule has 0 saturated carbocycles. The standard InChI is InChI=1S/C20H12BrN7O2S/c21-14-5-8-16-17(10-14)31-20(23-16)26-27-18(12-3-6-15(7-4-12)28(29)30)24-25-19(27)13-2-1-9-22-11-13/h1-11H,(H,23,26). The second-order valence-corrected chi connectivity index (χ2v) is 8.42. The van der Waals surface area contributed by atoms with E-state index in [9.17, 15) is 10.1 Å². The topological polar surface area (TPSA) is 112 Å². The minimum absolute atomic E-state index is 0.00649. The molecule has 0 aliphatic carbocycles. The summed E-state index contributed by atoms with van der Waals surface area (Å²) in [6.45, 7) is 0. The zero-order valence-electron chi connectivity index (χ0n) is 15.6. The van der Waals surface area contributed by atoms with Crippen molar-refractivity contribution in [1.82, 2.24) is 24.8 Å². The van der Waals surface area contributed by atoms with E-state index in [0.29, 0.717) is 22.3 Å². The molecule has 5 rings (SSSR count). The van der Waals surface area contributed by atoms with Crippen molar-refractivity contribution >= 4 is 48.3 Å². The van der Waals surface area contributed by atoms with Crippen LogP contribution >= 0.6 is 27.3 Å². The van der Waals surface area contributed by atoms with E-state index in [0.717, 1.165) is 20.3 Å². The molecule has 0 unspecified atom stereocenters. The molecule has 1 N–H and O–H groups in total. The number of pyridine rings is 1. The van der Waals surface area contributed by atoms with Crippen LogP contribution in [0.25, 0.3) is 33.0 Å². The van der Waals surface area contributed by atoms with Crippen molar-refractivity contribution in [3.63, 3.8) is 0 Å². The largest absolute Gasteiger partial charge is 0.269 e. The second kappa shape index (κ2) is 7.85. The molecule has 0 fully saturated rings. The van der Waals surface area contributed by atoms with Gasteiger partial charge in [-0.25, -0.2) is 9.66 Å². The molecule has 2 aromatic carbocycles. The van der Waals surface area contributed by atoms with Crippen molar-refractivity contribution in [1.29, 1.82) is 0 Å². The number of nitro benzene ring substituents is 1. The summed E-state index contributed by atoms with van der Waals surface area (Å²) in [5.41, 5.74) is 5.59. The lowest BCUT2D eigenvalue weighted by Crippen LogP contribution is -2.12. The molecular formula is C20H12BrN7O2S. The summed E-state index contributed by atoms with van der Waals surface area (Å²) in [5, 5.41) is 20.3. The van der Waals surface area contributed by atoms with Crippen molar-refractivity contribution in [3.8, 4) is 22.8 Å². The van der Waals surface area contributed by atoms with Gasteiger partial charge in [0.1, 0.15) is 0 Å². The molecule has 0 aliphatic rings. The number of non-ortho nitro benzene ring substituents is 1. The van der Waals surface area contributed by atoms with Crippen LogP contribution in [-0.4, -0.2) is 29.8 Å². The highest BCUT2D eigenvalue weighted by Gasteiger charge is 2.18. The number of thiazole rings is 1. The number of benzene rings is 2. The van der Waals surface area contributed by atoms with E-state index in [1.807, 2.05) is 30.3 Å². The highest BCUT2D eigenvalue weighted by molar-refractivity contribution is 9.10. The second-order valence-electron chi connectivity index (χ2n) is 6.47. The van der Waals surface area contributed by atoms with E-state index < -0.39 is 4.92 Å². The molecule has 0 bridgehead atoms. The number of nitrogens with zero attached hydrogens (tertiary/aromatic N) is 6. The van der Waals surface area contributed by atoms with Gasteiger partial charge in [-0.1, -0.05) is 27.3 Å². The monoisotopic (exact) mass is 493 g/mol. The fraction of sp³-hybridized carbons (Fsp3) is 0. The minimum atomic E-state index is -0.437. The van der Waals surface area contributed by atoms with E-state index >= 15 is 0 Å². The molecule has 11 heteroatoms. The van der Waals surface area contributed by atoms with Crippen LogP contribution < -0.4 is 5.43 Å². The van der Waals surface area contributed by atoms with Gasteiger partial charge in [0.15, 0.2) is 11.6 Å². The SMILES string of the molecule is O=[N+]([O-])c1ccc(-c2nnc(-c3cccnc3)n2Nc2nc3ccc(Br)cc3s2)cc1. The first kappa shape index (κ1) is 19.3. The van der Waals surface area contributed by atoms with Gasteiger partial charge in [-0.15, -0.1) is 10.2 Å². The Hall–Kier alpha value is -3.70. The summed E-state index contributed by atoms with van der Waals surface area (Å²) in [4.78, 5) is 19.4. The third-order valence-corrected chi connectivity index (χ3v) is 5.89. The predicted octanol–water partition coefficient (Wildman–Crippen LogP) is 5.16. The number of halogens is 1. The van der Waals surface area contributed by atoms with Crippen LogP contribution in [0.15, 0.2) is 71.5 Å². The molecule has 0 spiro atoms. The Balaban J connectivity index is 1.61. The van der Waals surface area contributed by atoms with Crippen LogP contribution in [-0.2, 0) is 0 Å². The van der Waals surface area contributed by atoms with Gasteiger partial charge in [-0.3, -0.25) is 20.5 Å². The first-order valence-electron chi connectivity index (χ1n) is 9.02. The van der Waals surface area contributed by atoms with E-state index in [-0.39, 0.29) is 5.69 Å². The minimum Gasteiger partial charge on any atom is -0.265 e. The maximum absolute atomic E-state index is 11.0. The van der Waals surface area contributed by atoms with Gasteiger partial charge in [-0.05, 0) is 42.5 Å². The molecule has 0 saturated heterocycles. The van der Waals surface area contributed by atoms with Crippen LogP contribution in [0.3, 0.4) is 0 Å². The summed E-state index contributed by atoms with van der Waals surface area (Å²) in [5.74, 6) is 1.04. The number of hydrogen-bond acceptors (Lipinski definition) is 8. The van der Waals surface area contributed by atoms with E-state index in [1.165, 1.54) is 23.5 Å². The van der Waals surface area contributed by atoms with Gasteiger partial charge in [0, 0.05) is 40.1 Å². The zero-order valence-corrected chi connectivity index (χ0v) is 18.0. The average molecular weight is 494 g/mol. The van der Waals surface area contributed by atoms with Crippen LogP contribution in [0.4, 0.5) is 10.8 Å². The Morgan fingerprint density at radius 2 is 1.81 bits per heavy atom. The highest BCUT2D eigenvalue weighted by Crippen LogP contribution is 2.31. The third kappa shape index (κ3) is 3.76. The number of aromatic nitrogens is 5. The molecule has 9 nitrogen and oxygen atoms in total. The lowest BCUT2D eigenvalue weighted by Gasteiger charge is -2.10. The Bertz CT molecular complexity index is 1400. The van der Waals surface area contributed by atoms with Crippen molar-refractivity contribution in [2.24, 2.45) is 0 Å². The maximum Gasteiger partial charge on any atom is 0.269 e. The quantitative estimate of drug-likeness (QED) is 0.265. The average Bonchev–Trinajstić information content (AvgIpc) is 3.38. The van der Waals surface area contributed by atoms with Gasteiger partial charge < -0.3 is 0 Å². The van der Waals surface area contributed by atoms with Crippen LogP contribution in [0.1, 0.15) is 0 Å².